The average Bonchev–Trinajstić information content (AvgIpc) is 3.31. The van der Waals surface area contributed by atoms with E-state index in [-0.39, 0.29) is 29.8 Å². The Kier molecular flexibility index (Phi) is 8.60. The van der Waals surface area contributed by atoms with E-state index in [1.165, 1.54) is 10.9 Å². The van der Waals surface area contributed by atoms with Crippen LogP contribution in [-0.4, -0.2) is 70.4 Å². The van der Waals surface area contributed by atoms with Gasteiger partial charge in [-0.2, -0.15) is 4.31 Å². The van der Waals surface area contributed by atoms with Crippen LogP contribution >= 0.6 is 15.6 Å². The van der Waals surface area contributed by atoms with Crippen LogP contribution in [0.4, 0.5) is 5.82 Å². The highest BCUT2D eigenvalue weighted by Gasteiger charge is 2.46. The van der Waals surface area contributed by atoms with Crippen molar-refractivity contribution >= 4 is 38.6 Å². The summed E-state index contributed by atoms with van der Waals surface area (Å²) in [6.45, 7) is -0.855. The number of hydrogen-bond donors (Lipinski definition) is 5. The summed E-state index contributed by atoms with van der Waals surface area (Å²) < 4.78 is 43.7. The van der Waals surface area contributed by atoms with Crippen molar-refractivity contribution in [2.24, 2.45) is 0 Å². The number of carbonyl (C=O) groups is 1. The van der Waals surface area contributed by atoms with Gasteiger partial charge in [-0.15, -0.1) is 12.3 Å². The number of anilines is 1. The molecule has 0 amide bonds. The quantitative estimate of drug-likeness (QED) is 0.144. The summed E-state index contributed by atoms with van der Waals surface area (Å²) in [5.74, 6) is 1.28. The van der Waals surface area contributed by atoms with Crippen molar-refractivity contribution < 1.29 is 52.0 Å². The molecule has 1 aliphatic rings. The number of phosphoric ester groups is 2. The number of fused-ring (bicyclic) bond motifs is 1. The molecule has 35 heavy (non-hydrogen) atoms. The van der Waals surface area contributed by atoms with Gasteiger partial charge in [0.15, 0.2) is 17.7 Å². The van der Waals surface area contributed by atoms with Crippen molar-refractivity contribution in [2.75, 3.05) is 12.3 Å². The van der Waals surface area contributed by atoms with E-state index in [0.717, 1.165) is 6.33 Å². The highest BCUT2D eigenvalue weighted by atomic mass is 31.3. The van der Waals surface area contributed by atoms with Gasteiger partial charge < -0.3 is 30.1 Å². The molecule has 2 aromatic rings. The van der Waals surface area contributed by atoms with Crippen molar-refractivity contribution in [3.05, 3.63) is 12.7 Å². The van der Waals surface area contributed by atoms with E-state index in [9.17, 15) is 33.9 Å². The third kappa shape index (κ3) is 6.83. The number of aliphatic hydroxyl groups is 2. The van der Waals surface area contributed by atoms with Crippen LogP contribution in [0.5, 0.6) is 0 Å². The van der Waals surface area contributed by atoms with E-state index >= 15 is 0 Å². The van der Waals surface area contributed by atoms with Crippen molar-refractivity contribution in [1.29, 1.82) is 0 Å². The number of imidazole rings is 1. The number of nitrogens with two attached hydrogens (primary N) is 1. The van der Waals surface area contributed by atoms with Gasteiger partial charge in [-0.25, -0.2) is 24.1 Å². The molecule has 4 unspecified atom stereocenters. The molecule has 192 valence electrons. The summed E-state index contributed by atoms with van der Waals surface area (Å²) in [6, 6.07) is 0. The fourth-order valence-electron chi connectivity index (χ4n) is 3.16. The van der Waals surface area contributed by atoms with Crippen LogP contribution in [0.2, 0.25) is 0 Å². The van der Waals surface area contributed by atoms with Gasteiger partial charge in [0.2, 0.25) is 0 Å². The molecule has 6 atom stereocenters. The number of terminal acetylenes is 1. The van der Waals surface area contributed by atoms with E-state index in [2.05, 4.69) is 34.2 Å². The van der Waals surface area contributed by atoms with E-state index in [1.807, 2.05) is 0 Å². The van der Waals surface area contributed by atoms with Crippen LogP contribution in [0.15, 0.2) is 12.7 Å². The van der Waals surface area contributed by atoms with Crippen LogP contribution in [0.1, 0.15) is 31.9 Å². The lowest BCUT2D eigenvalue weighted by Gasteiger charge is -2.19. The third-order valence-corrected chi connectivity index (χ3v) is 7.34. The minimum Gasteiger partial charge on any atom is -0.387 e. The molecule has 1 fully saturated rings. The van der Waals surface area contributed by atoms with Gasteiger partial charge in [-0.3, -0.25) is 18.8 Å². The molecule has 3 rings (SSSR count). The van der Waals surface area contributed by atoms with E-state index in [1.54, 1.807) is 0 Å². The fourth-order valence-corrected chi connectivity index (χ4v) is 5.21. The molecule has 0 aromatic carbocycles. The molecular weight excluding hydrogens is 512 g/mol. The SMILES string of the molecule is C#CCCCCC(=O)OP(=O)(O)OP(=O)(O)OC[C@H]1O[C@@H](n2cnc3c(N)ncnc32)C(O)C1O. The Morgan fingerprint density at radius 3 is 2.66 bits per heavy atom. The first-order valence-electron chi connectivity index (χ1n) is 10.1. The second kappa shape index (κ2) is 11.1. The maximum absolute atomic E-state index is 12.1. The summed E-state index contributed by atoms with van der Waals surface area (Å²) in [6.07, 6.45) is 2.54. The summed E-state index contributed by atoms with van der Waals surface area (Å²) in [4.78, 5) is 42.8. The van der Waals surface area contributed by atoms with Crippen molar-refractivity contribution in [2.45, 2.75) is 50.2 Å². The van der Waals surface area contributed by atoms with Gasteiger partial charge >= 0.3 is 21.6 Å². The molecule has 0 spiro atoms. The first-order valence-corrected chi connectivity index (χ1v) is 13.0. The number of unbranched alkanes of at least 4 members (excludes halogenated alkanes) is 2. The molecular formula is C17H23N5O11P2. The van der Waals surface area contributed by atoms with E-state index < -0.39 is 52.8 Å². The van der Waals surface area contributed by atoms with E-state index in [0.29, 0.717) is 12.8 Å². The maximum atomic E-state index is 12.1. The number of hydrogen-bond acceptors (Lipinski definition) is 13. The second-order valence-corrected chi connectivity index (χ2v) is 10.3. The lowest BCUT2D eigenvalue weighted by atomic mass is 10.1. The third-order valence-electron chi connectivity index (χ3n) is 4.78. The highest BCUT2D eigenvalue weighted by Crippen LogP contribution is 2.60. The molecule has 0 aliphatic carbocycles. The molecule has 1 saturated heterocycles. The molecule has 2 aromatic heterocycles. The van der Waals surface area contributed by atoms with Crippen molar-refractivity contribution in [3.63, 3.8) is 0 Å². The Bertz CT molecular complexity index is 1200. The number of rotatable bonds is 11. The van der Waals surface area contributed by atoms with E-state index in [4.69, 9.17) is 16.9 Å². The number of carbonyl (C=O) groups excluding carboxylic acids is 1. The lowest BCUT2D eigenvalue weighted by Crippen LogP contribution is -2.33. The van der Waals surface area contributed by atoms with Crippen LogP contribution in [0.3, 0.4) is 0 Å². The lowest BCUT2D eigenvalue weighted by molar-refractivity contribution is -0.135. The normalized spacial score (nSPS) is 25.6. The fraction of sp³-hybridized carbons (Fsp3) is 0.529. The molecule has 6 N–H and O–H groups in total. The molecule has 18 heteroatoms. The largest absolute Gasteiger partial charge is 0.538 e. The Morgan fingerprint density at radius 1 is 1.20 bits per heavy atom. The molecule has 1 aliphatic heterocycles. The minimum absolute atomic E-state index is 0.0711. The van der Waals surface area contributed by atoms with Crippen LogP contribution in [-0.2, 0) is 32.0 Å². The van der Waals surface area contributed by atoms with Gasteiger partial charge in [0, 0.05) is 12.8 Å². The monoisotopic (exact) mass is 535 g/mol. The highest BCUT2D eigenvalue weighted by molar-refractivity contribution is 7.61. The van der Waals surface area contributed by atoms with Crippen molar-refractivity contribution in [3.8, 4) is 12.3 Å². The molecule has 3 heterocycles. The topological polar surface area (TPSA) is 239 Å². The van der Waals surface area contributed by atoms with Crippen LogP contribution < -0.4 is 5.73 Å². The minimum atomic E-state index is -5.32. The summed E-state index contributed by atoms with van der Waals surface area (Å²) in [5, 5.41) is 20.7. The predicted octanol–water partition coefficient (Wildman–Crippen LogP) is -0.00150. The average molecular weight is 535 g/mol. The summed E-state index contributed by atoms with van der Waals surface area (Å²) in [5.41, 5.74) is 6.12. The number of phosphoric acid groups is 2. The molecule has 0 radical (unpaired) electrons. The smallest absolute Gasteiger partial charge is 0.387 e. The predicted molar refractivity (Wildman–Crippen MR) is 116 cm³/mol. The van der Waals surface area contributed by atoms with Gasteiger partial charge in [0.1, 0.15) is 30.2 Å². The Balaban J connectivity index is 1.57. The number of aliphatic hydroxyl groups excluding tert-OH is 2. The Hall–Kier alpha value is -2.44. The Morgan fingerprint density at radius 2 is 1.94 bits per heavy atom. The van der Waals surface area contributed by atoms with Gasteiger partial charge in [0.25, 0.3) is 0 Å². The molecule has 0 saturated carbocycles. The zero-order valence-electron chi connectivity index (χ0n) is 18.0. The maximum Gasteiger partial charge on any atom is 0.538 e. The second-order valence-electron chi connectivity index (χ2n) is 7.32. The summed E-state index contributed by atoms with van der Waals surface area (Å²) >= 11 is 0. The van der Waals surface area contributed by atoms with Gasteiger partial charge in [-0.1, -0.05) is 0 Å². The van der Waals surface area contributed by atoms with Gasteiger partial charge in [-0.05, 0) is 12.8 Å². The number of ether oxygens (including phenoxy) is 1. The van der Waals surface area contributed by atoms with Gasteiger partial charge in [0.05, 0.1) is 12.9 Å². The number of aromatic nitrogens is 4. The molecule has 0 bridgehead atoms. The van der Waals surface area contributed by atoms with Crippen LogP contribution in [0, 0.1) is 12.3 Å². The number of nitrogens with zero attached hydrogens (tertiary/aromatic N) is 4. The first kappa shape index (κ1) is 27.2. The first-order chi connectivity index (χ1) is 16.4. The standard InChI is InChI=1S/C17H23N5O11P2/c1-2-3-4-5-6-11(23)32-35(28,29)33-34(26,27)30-7-10-13(24)14(25)17(31-10)22-9-21-12-15(18)19-8-20-16(12)22/h1,8-10,13-14,17,24-25H,3-7H2,(H,26,27)(H,28,29)(H2,18,19,20)/t10-,13?,14?,17-/m1/s1. The summed E-state index contributed by atoms with van der Waals surface area (Å²) in [7, 11) is -10.6. The molecule has 16 nitrogen and oxygen atoms in total. The number of nitrogen functional groups attached to an aromatic ring is 1. The van der Waals surface area contributed by atoms with Crippen molar-refractivity contribution in [1.82, 2.24) is 19.5 Å². The Labute approximate surface area is 198 Å². The zero-order chi connectivity index (χ0) is 25.8. The van der Waals surface area contributed by atoms with Crippen LogP contribution in [0.25, 0.3) is 11.2 Å². The zero-order valence-corrected chi connectivity index (χ0v) is 19.8.